The monoisotopic (exact) mass is 234 g/mol. The quantitative estimate of drug-likeness (QED) is 0.681. The molecule has 4 heteroatoms. The molecule has 0 saturated heterocycles. The zero-order valence-electron chi connectivity index (χ0n) is 9.80. The number of esters is 1. The summed E-state index contributed by atoms with van der Waals surface area (Å²) >= 11 is 1.16. The Morgan fingerprint density at radius 2 is 2.07 bits per heavy atom. The topological polar surface area (TPSA) is 26.3 Å². The van der Waals surface area contributed by atoms with Crippen LogP contribution in [0, 0.1) is 5.41 Å². The van der Waals surface area contributed by atoms with Crippen LogP contribution in [0.2, 0.25) is 0 Å². The van der Waals surface area contributed by atoms with Gasteiger partial charge in [0, 0.05) is 12.7 Å². The first-order chi connectivity index (χ1) is 6.81. The summed E-state index contributed by atoms with van der Waals surface area (Å²) in [5, 5.41) is -0.277. The number of thioether (sulfide) groups is 1. The average Bonchev–Trinajstić information content (AvgIpc) is 2.00. The molecule has 0 heterocycles. The number of carbonyl (C=O) groups is 1. The predicted molar refractivity (Wildman–Crippen MR) is 62.4 cm³/mol. The van der Waals surface area contributed by atoms with Gasteiger partial charge in [-0.25, -0.2) is 0 Å². The first-order valence-corrected chi connectivity index (χ1v) is 5.91. The SMILES string of the molecule is CC(=O)OC/C=C(/F)SCCC(C)(C)C. The lowest BCUT2D eigenvalue weighted by Gasteiger charge is -2.16. The van der Waals surface area contributed by atoms with Gasteiger partial charge >= 0.3 is 5.97 Å². The van der Waals surface area contributed by atoms with Crippen LogP contribution in [-0.4, -0.2) is 18.3 Å². The summed E-state index contributed by atoms with van der Waals surface area (Å²) in [5.74, 6) is 0.352. The maximum Gasteiger partial charge on any atom is 0.302 e. The first kappa shape index (κ1) is 14.5. The summed E-state index contributed by atoms with van der Waals surface area (Å²) in [6, 6.07) is 0. The van der Waals surface area contributed by atoms with E-state index in [1.54, 1.807) is 0 Å². The Bertz CT molecular complexity index is 231. The fourth-order valence-corrected chi connectivity index (χ4v) is 1.83. The molecule has 0 aromatic heterocycles. The maximum atomic E-state index is 13.1. The van der Waals surface area contributed by atoms with Crippen LogP contribution in [0.3, 0.4) is 0 Å². The van der Waals surface area contributed by atoms with Gasteiger partial charge in [-0.1, -0.05) is 32.5 Å². The molecule has 0 amide bonds. The van der Waals surface area contributed by atoms with Gasteiger partial charge in [-0.3, -0.25) is 4.79 Å². The van der Waals surface area contributed by atoms with Crippen molar-refractivity contribution < 1.29 is 13.9 Å². The smallest absolute Gasteiger partial charge is 0.302 e. The van der Waals surface area contributed by atoms with Gasteiger partial charge in [-0.15, -0.1) is 0 Å². The molecule has 0 bridgehead atoms. The Labute approximate surface area is 95.3 Å². The van der Waals surface area contributed by atoms with Crippen molar-refractivity contribution in [3.8, 4) is 0 Å². The Morgan fingerprint density at radius 1 is 1.47 bits per heavy atom. The highest BCUT2D eigenvalue weighted by molar-refractivity contribution is 8.02. The molecule has 0 aromatic rings. The second-order valence-corrected chi connectivity index (χ2v) is 5.56. The lowest BCUT2D eigenvalue weighted by atomic mass is 9.94. The minimum absolute atomic E-state index is 0.0175. The second-order valence-electron chi connectivity index (χ2n) is 4.47. The van der Waals surface area contributed by atoms with Gasteiger partial charge in [0.25, 0.3) is 0 Å². The minimum Gasteiger partial charge on any atom is -0.462 e. The molecule has 0 fully saturated rings. The van der Waals surface area contributed by atoms with Crippen molar-refractivity contribution in [1.82, 2.24) is 0 Å². The summed E-state index contributed by atoms with van der Waals surface area (Å²) in [6.45, 7) is 7.68. The third-order valence-electron chi connectivity index (χ3n) is 1.62. The Hall–Kier alpha value is -0.510. The van der Waals surface area contributed by atoms with Crippen molar-refractivity contribution in [3.05, 3.63) is 11.2 Å². The van der Waals surface area contributed by atoms with E-state index < -0.39 is 5.97 Å². The van der Waals surface area contributed by atoms with Crippen LogP contribution >= 0.6 is 11.8 Å². The molecule has 0 saturated carbocycles. The van der Waals surface area contributed by atoms with Crippen molar-refractivity contribution in [1.29, 1.82) is 0 Å². The van der Waals surface area contributed by atoms with Gasteiger partial charge < -0.3 is 4.74 Å². The molecule has 0 aliphatic heterocycles. The highest BCUT2D eigenvalue weighted by atomic mass is 32.2. The van der Waals surface area contributed by atoms with Gasteiger partial charge in [-0.2, -0.15) is 4.39 Å². The number of halogens is 1. The van der Waals surface area contributed by atoms with Gasteiger partial charge in [-0.05, 0) is 17.9 Å². The van der Waals surface area contributed by atoms with Crippen LogP contribution in [0.25, 0.3) is 0 Å². The van der Waals surface area contributed by atoms with Crippen molar-refractivity contribution >= 4 is 17.7 Å². The summed E-state index contributed by atoms with van der Waals surface area (Å²) in [4.78, 5) is 10.4. The fourth-order valence-electron chi connectivity index (χ4n) is 0.738. The van der Waals surface area contributed by atoms with E-state index in [4.69, 9.17) is 0 Å². The molecular formula is C11H19FO2S. The van der Waals surface area contributed by atoms with Crippen LogP contribution in [0.5, 0.6) is 0 Å². The molecule has 0 rings (SSSR count). The van der Waals surface area contributed by atoms with Crippen LogP contribution in [0.15, 0.2) is 11.2 Å². The molecule has 0 aliphatic rings. The van der Waals surface area contributed by atoms with Crippen LogP contribution in [-0.2, 0) is 9.53 Å². The second kappa shape index (κ2) is 6.88. The molecule has 2 nitrogen and oxygen atoms in total. The average molecular weight is 234 g/mol. The van der Waals surface area contributed by atoms with E-state index in [9.17, 15) is 9.18 Å². The van der Waals surface area contributed by atoms with Gasteiger partial charge in [0.1, 0.15) is 6.61 Å². The van der Waals surface area contributed by atoms with Crippen LogP contribution < -0.4 is 0 Å². The summed E-state index contributed by atoms with van der Waals surface area (Å²) in [7, 11) is 0. The van der Waals surface area contributed by atoms with Gasteiger partial charge in [0.05, 0.1) is 0 Å². The number of hydrogen-bond acceptors (Lipinski definition) is 3. The van der Waals surface area contributed by atoms with E-state index in [0.717, 1.165) is 23.9 Å². The van der Waals surface area contributed by atoms with Crippen LogP contribution in [0.4, 0.5) is 4.39 Å². The Kier molecular flexibility index (Phi) is 6.65. The Balaban J connectivity index is 3.64. The van der Waals surface area contributed by atoms with E-state index in [1.165, 1.54) is 13.0 Å². The van der Waals surface area contributed by atoms with Crippen molar-refractivity contribution in [2.24, 2.45) is 5.41 Å². The first-order valence-electron chi connectivity index (χ1n) is 4.93. The maximum absolute atomic E-state index is 13.1. The molecular weight excluding hydrogens is 215 g/mol. The molecule has 0 radical (unpaired) electrons. The lowest BCUT2D eigenvalue weighted by molar-refractivity contribution is -0.139. The molecule has 88 valence electrons. The molecule has 0 aromatic carbocycles. The third kappa shape index (κ3) is 11.4. The molecule has 0 spiro atoms. The molecule has 15 heavy (non-hydrogen) atoms. The molecule has 0 aliphatic carbocycles. The van der Waals surface area contributed by atoms with Gasteiger partial charge in [0.15, 0.2) is 5.16 Å². The number of ether oxygens (including phenoxy) is 1. The van der Waals surface area contributed by atoms with Crippen molar-refractivity contribution in [2.45, 2.75) is 34.1 Å². The van der Waals surface area contributed by atoms with E-state index in [0.29, 0.717) is 0 Å². The van der Waals surface area contributed by atoms with E-state index in [2.05, 4.69) is 25.5 Å². The van der Waals surface area contributed by atoms with E-state index in [1.807, 2.05) is 0 Å². The van der Waals surface area contributed by atoms with E-state index >= 15 is 0 Å². The number of carbonyl (C=O) groups excluding carboxylic acids is 1. The highest BCUT2D eigenvalue weighted by Crippen LogP contribution is 2.25. The Morgan fingerprint density at radius 3 is 2.53 bits per heavy atom. The molecule has 0 unspecified atom stereocenters. The third-order valence-corrected chi connectivity index (χ3v) is 2.47. The molecule has 0 atom stereocenters. The van der Waals surface area contributed by atoms with E-state index in [-0.39, 0.29) is 17.2 Å². The van der Waals surface area contributed by atoms with Crippen molar-refractivity contribution in [2.75, 3.05) is 12.4 Å². The fraction of sp³-hybridized carbons (Fsp3) is 0.727. The zero-order valence-corrected chi connectivity index (χ0v) is 10.6. The largest absolute Gasteiger partial charge is 0.462 e. The summed E-state index contributed by atoms with van der Waals surface area (Å²) in [6.07, 6.45) is 2.24. The highest BCUT2D eigenvalue weighted by Gasteiger charge is 2.10. The summed E-state index contributed by atoms with van der Waals surface area (Å²) in [5.41, 5.74) is 0.225. The normalized spacial score (nSPS) is 12.7. The van der Waals surface area contributed by atoms with Gasteiger partial charge in [0.2, 0.25) is 0 Å². The minimum atomic E-state index is -0.390. The number of rotatable bonds is 5. The summed E-state index contributed by atoms with van der Waals surface area (Å²) < 4.78 is 17.7. The number of hydrogen-bond donors (Lipinski definition) is 0. The zero-order chi connectivity index (χ0) is 11.9. The van der Waals surface area contributed by atoms with Crippen LogP contribution in [0.1, 0.15) is 34.1 Å². The predicted octanol–water partition coefficient (Wildman–Crippen LogP) is 3.53. The lowest BCUT2D eigenvalue weighted by Crippen LogP contribution is -2.05. The van der Waals surface area contributed by atoms with Crippen molar-refractivity contribution in [3.63, 3.8) is 0 Å². The molecule has 0 N–H and O–H groups in total. The standard InChI is InChI=1S/C11H19FO2S/c1-9(13)14-7-5-10(12)15-8-6-11(2,3)4/h5H,6-8H2,1-4H3/b10-5-.